The highest BCUT2D eigenvalue weighted by molar-refractivity contribution is 7.92. The third-order valence-electron chi connectivity index (χ3n) is 3.80. The summed E-state index contributed by atoms with van der Waals surface area (Å²) in [6.45, 7) is 0. The second kappa shape index (κ2) is 7.09. The quantitative estimate of drug-likeness (QED) is 0.618. The zero-order chi connectivity index (χ0) is 18.7. The summed E-state index contributed by atoms with van der Waals surface area (Å²) in [5.74, 6) is 0.162. The lowest BCUT2D eigenvalue weighted by molar-refractivity contribution is -0.115. The Bertz CT molecular complexity index is 1060. The van der Waals surface area contributed by atoms with Crippen LogP contribution < -0.4 is 14.8 Å². The molecule has 0 saturated heterocycles. The number of rotatable bonds is 6. The number of hydrogen-bond acceptors (Lipinski definition) is 4. The van der Waals surface area contributed by atoms with Crippen molar-refractivity contribution in [3.63, 3.8) is 0 Å². The first-order valence-electron chi connectivity index (χ1n) is 7.86. The van der Waals surface area contributed by atoms with Crippen molar-refractivity contribution >= 4 is 38.2 Å². The van der Waals surface area contributed by atoms with Crippen LogP contribution in [-0.4, -0.2) is 32.7 Å². The van der Waals surface area contributed by atoms with Crippen LogP contribution in [0.15, 0.2) is 48.7 Å². The largest absolute Gasteiger partial charge is 0.495 e. The number of para-hydroxylation sites is 1. The Hall–Kier alpha value is -3.00. The van der Waals surface area contributed by atoms with Crippen LogP contribution in [0.1, 0.15) is 5.56 Å². The summed E-state index contributed by atoms with van der Waals surface area (Å²) in [6, 6.07) is 12.5. The minimum Gasteiger partial charge on any atom is -0.495 e. The monoisotopic (exact) mass is 373 g/mol. The first-order valence-corrected chi connectivity index (χ1v) is 9.75. The van der Waals surface area contributed by atoms with Gasteiger partial charge in [0.05, 0.1) is 25.5 Å². The van der Waals surface area contributed by atoms with E-state index in [0.717, 1.165) is 22.7 Å². The molecule has 1 amide bonds. The highest BCUT2D eigenvalue weighted by Crippen LogP contribution is 2.28. The number of hydrogen-bond donors (Lipinski definition) is 3. The van der Waals surface area contributed by atoms with Crippen LogP contribution in [0.3, 0.4) is 0 Å². The fourth-order valence-corrected chi connectivity index (χ4v) is 3.28. The van der Waals surface area contributed by atoms with Crippen LogP contribution in [0.5, 0.6) is 5.75 Å². The zero-order valence-corrected chi connectivity index (χ0v) is 15.2. The van der Waals surface area contributed by atoms with Gasteiger partial charge in [0.25, 0.3) is 0 Å². The van der Waals surface area contributed by atoms with Gasteiger partial charge in [-0.3, -0.25) is 9.52 Å². The molecule has 8 heteroatoms. The molecule has 0 radical (unpaired) electrons. The minimum atomic E-state index is -3.47. The van der Waals surface area contributed by atoms with E-state index < -0.39 is 10.0 Å². The SMILES string of the molecule is COc1ccc(NC(=O)Cc2c[nH]c3ccccc23)cc1NS(C)(=O)=O. The number of ether oxygens (including phenoxy) is 1. The van der Waals surface area contributed by atoms with Crippen molar-refractivity contribution in [3.05, 3.63) is 54.2 Å². The van der Waals surface area contributed by atoms with Crippen molar-refractivity contribution in [1.29, 1.82) is 0 Å². The number of carbonyl (C=O) groups is 1. The second-order valence-electron chi connectivity index (χ2n) is 5.87. The fourth-order valence-electron chi connectivity index (χ4n) is 2.72. The van der Waals surface area contributed by atoms with E-state index in [2.05, 4.69) is 15.0 Å². The summed E-state index contributed by atoms with van der Waals surface area (Å²) in [5.41, 5.74) is 2.60. The summed E-state index contributed by atoms with van der Waals surface area (Å²) in [4.78, 5) is 15.5. The van der Waals surface area contributed by atoms with E-state index in [9.17, 15) is 13.2 Å². The van der Waals surface area contributed by atoms with Gasteiger partial charge in [-0.05, 0) is 29.8 Å². The van der Waals surface area contributed by atoms with Crippen molar-refractivity contribution in [1.82, 2.24) is 4.98 Å². The first kappa shape index (κ1) is 17.8. The highest BCUT2D eigenvalue weighted by atomic mass is 32.2. The molecule has 26 heavy (non-hydrogen) atoms. The van der Waals surface area contributed by atoms with Gasteiger partial charge in [-0.25, -0.2) is 8.42 Å². The number of amides is 1. The average molecular weight is 373 g/mol. The van der Waals surface area contributed by atoms with E-state index in [0.29, 0.717) is 11.4 Å². The Morgan fingerprint density at radius 2 is 1.96 bits per heavy atom. The van der Waals surface area contributed by atoms with Crippen molar-refractivity contribution in [3.8, 4) is 5.75 Å². The van der Waals surface area contributed by atoms with Crippen molar-refractivity contribution in [2.24, 2.45) is 0 Å². The second-order valence-corrected chi connectivity index (χ2v) is 7.62. The molecule has 0 bridgehead atoms. The van der Waals surface area contributed by atoms with Crippen LogP contribution in [0.4, 0.5) is 11.4 Å². The Morgan fingerprint density at radius 3 is 2.69 bits per heavy atom. The number of carbonyl (C=O) groups excluding carboxylic acids is 1. The number of nitrogens with one attached hydrogen (secondary N) is 3. The maximum atomic E-state index is 12.4. The van der Waals surface area contributed by atoms with E-state index in [-0.39, 0.29) is 18.0 Å². The Morgan fingerprint density at radius 1 is 1.19 bits per heavy atom. The Labute approximate surface area is 151 Å². The number of sulfonamides is 1. The van der Waals surface area contributed by atoms with Gasteiger partial charge in [0.1, 0.15) is 5.75 Å². The van der Waals surface area contributed by atoms with E-state index in [1.807, 2.05) is 30.5 Å². The normalized spacial score (nSPS) is 11.3. The predicted octanol–water partition coefficient (Wildman–Crippen LogP) is 2.73. The molecule has 1 aromatic heterocycles. The molecule has 136 valence electrons. The van der Waals surface area contributed by atoms with E-state index in [1.165, 1.54) is 13.2 Å². The van der Waals surface area contributed by atoms with Gasteiger partial charge in [-0.15, -0.1) is 0 Å². The molecule has 0 aliphatic rings. The summed E-state index contributed by atoms with van der Waals surface area (Å²) in [7, 11) is -2.02. The van der Waals surface area contributed by atoms with Crippen molar-refractivity contribution in [2.75, 3.05) is 23.4 Å². The van der Waals surface area contributed by atoms with Crippen molar-refractivity contribution < 1.29 is 17.9 Å². The summed E-state index contributed by atoms with van der Waals surface area (Å²) in [6.07, 6.45) is 3.06. The lowest BCUT2D eigenvalue weighted by atomic mass is 10.1. The third kappa shape index (κ3) is 4.15. The lowest BCUT2D eigenvalue weighted by Crippen LogP contribution is -2.15. The molecule has 0 aliphatic carbocycles. The molecule has 7 nitrogen and oxygen atoms in total. The van der Waals surface area contributed by atoms with Crippen LogP contribution in [0.25, 0.3) is 10.9 Å². The smallest absolute Gasteiger partial charge is 0.229 e. The van der Waals surface area contributed by atoms with Gasteiger partial charge < -0.3 is 15.0 Å². The van der Waals surface area contributed by atoms with Crippen LogP contribution in [0.2, 0.25) is 0 Å². The fraction of sp³-hybridized carbons (Fsp3) is 0.167. The lowest BCUT2D eigenvalue weighted by Gasteiger charge is -2.12. The van der Waals surface area contributed by atoms with Gasteiger partial charge in [0.2, 0.25) is 15.9 Å². The molecule has 3 rings (SSSR count). The van der Waals surface area contributed by atoms with Crippen LogP contribution in [0, 0.1) is 0 Å². The van der Waals surface area contributed by atoms with Gasteiger partial charge in [0.15, 0.2) is 0 Å². The van der Waals surface area contributed by atoms with Gasteiger partial charge >= 0.3 is 0 Å². The van der Waals surface area contributed by atoms with Crippen LogP contribution >= 0.6 is 0 Å². The summed E-state index contributed by atoms with van der Waals surface area (Å²) in [5, 5.41) is 3.78. The molecule has 2 aromatic carbocycles. The van der Waals surface area contributed by atoms with E-state index >= 15 is 0 Å². The predicted molar refractivity (Wildman–Crippen MR) is 102 cm³/mol. The van der Waals surface area contributed by atoms with Crippen LogP contribution in [-0.2, 0) is 21.2 Å². The standard InChI is InChI=1S/C18H19N3O4S/c1-25-17-8-7-13(10-16(17)21-26(2,23)24)20-18(22)9-12-11-19-15-6-4-3-5-14(12)15/h3-8,10-11,19,21H,9H2,1-2H3,(H,20,22). The highest BCUT2D eigenvalue weighted by Gasteiger charge is 2.12. The number of H-pyrrole nitrogens is 1. The molecular weight excluding hydrogens is 354 g/mol. The molecule has 0 saturated carbocycles. The maximum absolute atomic E-state index is 12.4. The average Bonchev–Trinajstić information content (AvgIpc) is 2.97. The molecule has 0 fully saturated rings. The minimum absolute atomic E-state index is 0.199. The molecule has 1 heterocycles. The van der Waals surface area contributed by atoms with Gasteiger partial charge in [-0.2, -0.15) is 0 Å². The Balaban J connectivity index is 1.77. The topological polar surface area (TPSA) is 100 Å². The molecule has 0 unspecified atom stereocenters. The number of fused-ring (bicyclic) bond motifs is 1. The summed E-state index contributed by atoms with van der Waals surface area (Å²) < 4.78 is 30.5. The van der Waals surface area contributed by atoms with E-state index in [4.69, 9.17) is 4.74 Å². The maximum Gasteiger partial charge on any atom is 0.229 e. The molecule has 3 N–H and O–H groups in total. The molecule has 0 atom stereocenters. The number of anilines is 2. The number of aromatic amines is 1. The molecule has 0 spiro atoms. The molecule has 3 aromatic rings. The van der Waals surface area contributed by atoms with E-state index in [1.54, 1.807) is 12.1 Å². The molecule has 0 aliphatic heterocycles. The number of methoxy groups -OCH3 is 1. The van der Waals surface area contributed by atoms with Crippen molar-refractivity contribution in [2.45, 2.75) is 6.42 Å². The molecular formula is C18H19N3O4S. The summed E-state index contributed by atoms with van der Waals surface area (Å²) >= 11 is 0. The zero-order valence-electron chi connectivity index (χ0n) is 14.4. The van der Waals surface area contributed by atoms with Gasteiger partial charge in [0, 0.05) is 22.8 Å². The van der Waals surface area contributed by atoms with Gasteiger partial charge in [-0.1, -0.05) is 18.2 Å². The number of aromatic nitrogens is 1. The first-order chi connectivity index (χ1) is 12.4. The Kier molecular flexibility index (Phi) is 4.85. The number of benzene rings is 2. The third-order valence-corrected chi connectivity index (χ3v) is 4.40.